The molecule has 1 aromatic heterocycles. The number of nitrogens with zero attached hydrogens (tertiary/aromatic N) is 3. The van der Waals surface area contributed by atoms with E-state index in [2.05, 4.69) is 52.9 Å². The number of hydrogen-bond donors (Lipinski definition) is 1. The van der Waals surface area contributed by atoms with Gasteiger partial charge in [0.2, 0.25) is 0 Å². The molecule has 0 amide bonds. The molecule has 4 heteroatoms. The van der Waals surface area contributed by atoms with Crippen LogP contribution in [0, 0.1) is 0 Å². The molecule has 0 radical (unpaired) electrons. The van der Waals surface area contributed by atoms with Crippen LogP contribution >= 0.6 is 0 Å². The third-order valence-corrected chi connectivity index (χ3v) is 3.41. The Kier molecular flexibility index (Phi) is 4.68. The highest BCUT2D eigenvalue weighted by atomic mass is 15.3. The Hall–Kier alpha value is -1.68. The summed E-state index contributed by atoms with van der Waals surface area (Å²) in [6.07, 6.45) is 2.07. The summed E-state index contributed by atoms with van der Waals surface area (Å²) in [5.41, 5.74) is 7.04. The molecule has 1 aromatic carbocycles. The molecule has 102 valence electrons. The van der Waals surface area contributed by atoms with Crippen LogP contribution in [0.25, 0.3) is 0 Å². The van der Waals surface area contributed by atoms with Gasteiger partial charge in [-0.2, -0.15) is 0 Å². The molecule has 0 fully saturated rings. The minimum Gasteiger partial charge on any atom is -0.324 e. The van der Waals surface area contributed by atoms with Gasteiger partial charge in [-0.05, 0) is 18.4 Å². The molecule has 0 saturated heterocycles. The normalized spacial score (nSPS) is 12.6. The highest BCUT2D eigenvalue weighted by molar-refractivity contribution is 5.25. The van der Waals surface area contributed by atoms with Gasteiger partial charge in [-0.1, -0.05) is 44.2 Å². The van der Waals surface area contributed by atoms with Gasteiger partial charge in [-0.15, -0.1) is 10.2 Å². The van der Waals surface area contributed by atoms with Crippen molar-refractivity contribution in [3.8, 4) is 0 Å². The van der Waals surface area contributed by atoms with Crippen molar-refractivity contribution < 1.29 is 0 Å². The lowest BCUT2D eigenvalue weighted by Gasteiger charge is -2.17. The van der Waals surface area contributed by atoms with Crippen molar-refractivity contribution in [2.75, 3.05) is 0 Å². The van der Waals surface area contributed by atoms with E-state index in [1.54, 1.807) is 0 Å². The largest absolute Gasteiger partial charge is 0.324 e. The number of aromatic nitrogens is 3. The Bertz CT molecular complexity index is 504. The van der Waals surface area contributed by atoms with Crippen LogP contribution in [-0.4, -0.2) is 14.8 Å². The van der Waals surface area contributed by atoms with Crippen molar-refractivity contribution in [1.29, 1.82) is 0 Å². The zero-order chi connectivity index (χ0) is 13.7. The first-order valence-corrected chi connectivity index (χ1v) is 6.98. The third kappa shape index (κ3) is 2.84. The molecule has 1 unspecified atom stereocenters. The maximum atomic E-state index is 5.75. The highest BCUT2D eigenvalue weighted by Gasteiger charge is 2.20. The fraction of sp³-hybridized carbons (Fsp3) is 0.467. The van der Waals surface area contributed by atoms with E-state index >= 15 is 0 Å². The molecular formula is C15H22N4. The second-order valence-corrected chi connectivity index (χ2v) is 4.70. The van der Waals surface area contributed by atoms with Gasteiger partial charge in [0.25, 0.3) is 0 Å². The lowest BCUT2D eigenvalue weighted by Crippen LogP contribution is -2.14. The van der Waals surface area contributed by atoms with Gasteiger partial charge in [-0.3, -0.25) is 0 Å². The molecule has 1 heterocycles. The molecule has 0 aliphatic carbocycles. The van der Waals surface area contributed by atoms with E-state index in [0.717, 1.165) is 31.0 Å². The lowest BCUT2D eigenvalue weighted by atomic mass is 9.95. The average Bonchev–Trinajstić information content (AvgIpc) is 2.85. The number of hydrogen-bond acceptors (Lipinski definition) is 3. The van der Waals surface area contributed by atoms with E-state index in [9.17, 15) is 0 Å². The smallest absolute Gasteiger partial charge is 0.146 e. The van der Waals surface area contributed by atoms with Crippen molar-refractivity contribution >= 4 is 0 Å². The van der Waals surface area contributed by atoms with Gasteiger partial charge in [0.05, 0.1) is 6.54 Å². The molecule has 0 spiro atoms. The van der Waals surface area contributed by atoms with E-state index in [-0.39, 0.29) is 0 Å². The topological polar surface area (TPSA) is 56.7 Å². The Morgan fingerprint density at radius 3 is 2.47 bits per heavy atom. The van der Waals surface area contributed by atoms with E-state index in [1.165, 1.54) is 5.56 Å². The van der Waals surface area contributed by atoms with Gasteiger partial charge in [0.1, 0.15) is 11.6 Å². The summed E-state index contributed by atoms with van der Waals surface area (Å²) in [7, 11) is 0. The van der Waals surface area contributed by atoms with Gasteiger partial charge >= 0.3 is 0 Å². The predicted molar refractivity (Wildman–Crippen MR) is 76.8 cm³/mol. The molecule has 1 atom stereocenters. The minimum atomic E-state index is 0.292. The number of rotatable bonds is 6. The summed E-state index contributed by atoms with van der Waals surface area (Å²) in [4.78, 5) is 0. The summed E-state index contributed by atoms with van der Waals surface area (Å²) in [5.74, 6) is 2.21. The zero-order valence-corrected chi connectivity index (χ0v) is 11.7. The summed E-state index contributed by atoms with van der Waals surface area (Å²) >= 11 is 0. The van der Waals surface area contributed by atoms with Crippen LogP contribution in [0.4, 0.5) is 0 Å². The maximum Gasteiger partial charge on any atom is 0.146 e. The van der Waals surface area contributed by atoms with E-state index in [4.69, 9.17) is 5.73 Å². The van der Waals surface area contributed by atoms with Crippen molar-refractivity contribution in [1.82, 2.24) is 14.8 Å². The molecule has 2 N–H and O–H groups in total. The van der Waals surface area contributed by atoms with Gasteiger partial charge in [0, 0.05) is 12.5 Å². The fourth-order valence-electron chi connectivity index (χ4n) is 2.48. The van der Waals surface area contributed by atoms with Crippen LogP contribution in [0.2, 0.25) is 0 Å². The first-order valence-electron chi connectivity index (χ1n) is 6.98. The first-order chi connectivity index (χ1) is 9.31. The highest BCUT2D eigenvalue weighted by Crippen LogP contribution is 2.26. The molecule has 0 saturated carbocycles. The van der Waals surface area contributed by atoms with Gasteiger partial charge in [-0.25, -0.2) is 0 Å². The Morgan fingerprint density at radius 1 is 1.16 bits per heavy atom. The van der Waals surface area contributed by atoms with Crippen LogP contribution in [-0.2, 0) is 13.1 Å². The summed E-state index contributed by atoms with van der Waals surface area (Å²) < 4.78 is 2.18. The molecule has 2 rings (SSSR count). The van der Waals surface area contributed by atoms with Crippen LogP contribution in [0.1, 0.15) is 49.8 Å². The summed E-state index contributed by atoms with van der Waals surface area (Å²) in [6.45, 7) is 5.72. The molecule has 19 heavy (non-hydrogen) atoms. The Labute approximate surface area is 114 Å². The summed E-state index contributed by atoms with van der Waals surface area (Å²) in [6, 6.07) is 10.5. The standard InChI is InChI=1S/C15H22N4/c1-3-10-19-14(11-16)17-18-15(19)13(4-2)12-8-6-5-7-9-12/h5-9,13H,3-4,10-11,16H2,1-2H3. The quantitative estimate of drug-likeness (QED) is 0.866. The Morgan fingerprint density at radius 2 is 1.89 bits per heavy atom. The second-order valence-electron chi connectivity index (χ2n) is 4.70. The van der Waals surface area contributed by atoms with Crippen LogP contribution in [0.3, 0.4) is 0 Å². The van der Waals surface area contributed by atoms with Crippen molar-refractivity contribution in [3.05, 3.63) is 47.5 Å². The van der Waals surface area contributed by atoms with E-state index in [0.29, 0.717) is 12.5 Å². The fourth-order valence-corrected chi connectivity index (χ4v) is 2.48. The van der Waals surface area contributed by atoms with E-state index < -0.39 is 0 Å². The molecule has 0 bridgehead atoms. The van der Waals surface area contributed by atoms with Crippen molar-refractivity contribution in [2.24, 2.45) is 5.73 Å². The maximum absolute atomic E-state index is 5.75. The van der Waals surface area contributed by atoms with Crippen LogP contribution < -0.4 is 5.73 Å². The van der Waals surface area contributed by atoms with Crippen molar-refractivity contribution in [2.45, 2.75) is 45.7 Å². The third-order valence-electron chi connectivity index (χ3n) is 3.41. The second kappa shape index (κ2) is 6.48. The monoisotopic (exact) mass is 258 g/mol. The Balaban J connectivity index is 2.41. The zero-order valence-electron chi connectivity index (χ0n) is 11.7. The van der Waals surface area contributed by atoms with Gasteiger partial charge < -0.3 is 10.3 Å². The lowest BCUT2D eigenvalue weighted by molar-refractivity contribution is 0.577. The minimum absolute atomic E-state index is 0.292. The van der Waals surface area contributed by atoms with Gasteiger partial charge in [0.15, 0.2) is 0 Å². The van der Waals surface area contributed by atoms with Crippen LogP contribution in [0.5, 0.6) is 0 Å². The molecule has 0 aliphatic heterocycles. The van der Waals surface area contributed by atoms with Crippen LogP contribution in [0.15, 0.2) is 30.3 Å². The molecule has 4 nitrogen and oxygen atoms in total. The van der Waals surface area contributed by atoms with Crippen molar-refractivity contribution in [3.63, 3.8) is 0 Å². The first kappa shape index (κ1) is 13.7. The predicted octanol–water partition coefficient (Wildman–Crippen LogP) is 2.69. The molecule has 2 aromatic rings. The molecule has 0 aliphatic rings. The van der Waals surface area contributed by atoms with E-state index in [1.807, 2.05) is 6.07 Å². The number of benzene rings is 1. The SMILES string of the molecule is CCCn1c(CN)nnc1C(CC)c1ccccc1. The number of nitrogens with two attached hydrogens (primary N) is 1. The average molecular weight is 258 g/mol. The summed E-state index contributed by atoms with van der Waals surface area (Å²) in [5, 5.41) is 8.62. The molecular weight excluding hydrogens is 236 g/mol.